The fraction of sp³-hybridized carbons (Fsp3) is 0.308. The lowest BCUT2D eigenvalue weighted by Crippen LogP contribution is -2.02. The van der Waals surface area contributed by atoms with Gasteiger partial charge in [-0.2, -0.15) is 0 Å². The zero-order valence-electron chi connectivity index (χ0n) is 10.6. The Labute approximate surface area is 115 Å². The van der Waals surface area contributed by atoms with Gasteiger partial charge in [0.05, 0.1) is 16.4 Å². The zero-order valence-corrected chi connectivity index (χ0v) is 11.4. The van der Waals surface area contributed by atoms with Gasteiger partial charge in [-0.1, -0.05) is 16.8 Å². The molecule has 0 saturated carbocycles. The number of anilines is 1. The molecule has 0 spiro atoms. The van der Waals surface area contributed by atoms with Gasteiger partial charge in [0.1, 0.15) is 5.76 Å². The molecule has 2 heterocycles. The van der Waals surface area contributed by atoms with Gasteiger partial charge in [-0.25, -0.2) is 0 Å². The van der Waals surface area contributed by atoms with E-state index in [4.69, 9.17) is 25.6 Å². The number of ether oxygens (including phenoxy) is 2. The van der Waals surface area contributed by atoms with Crippen LogP contribution in [0.2, 0.25) is 5.02 Å². The van der Waals surface area contributed by atoms with Crippen LogP contribution in [0.5, 0.6) is 11.5 Å². The molecule has 0 bridgehead atoms. The smallest absolute Gasteiger partial charge is 0.231 e. The molecule has 1 aliphatic heterocycles. The number of aromatic nitrogens is 1. The van der Waals surface area contributed by atoms with Crippen LogP contribution in [0.25, 0.3) is 0 Å². The Morgan fingerprint density at radius 3 is 2.68 bits per heavy atom. The summed E-state index contributed by atoms with van der Waals surface area (Å²) >= 11 is 6.19. The Balaban J connectivity index is 1.81. The minimum Gasteiger partial charge on any atom is -0.454 e. The number of aryl methyl sites for hydroxylation is 2. The van der Waals surface area contributed by atoms with E-state index in [9.17, 15) is 0 Å². The fourth-order valence-corrected chi connectivity index (χ4v) is 2.21. The molecule has 5 nitrogen and oxygen atoms in total. The van der Waals surface area contributed by atoms with Crippen molar-refractivity contribution in [1.82, 2.24) is 5.16 Å². The van der Waals surface area contributed by atoms with Gasteiger partial charge in [0, 0.05) is 24.2 Å². The highest BCUT2D eigenvalue weighted by Gasteiger charge is 2.17. The molecular weight excluding hydrogens is 268 g/mol. The maximum absolute atomic E-state index is 6.19. The van der Waals surface area contributed by atoms with Gasteiger partial charge >= 0.3 is 0 Å². The van der Waals surface area contributed by atoms with E-state index in [2.05, 4.69) is 10.5 Å². The first kappa shape index (κ1) is 12.2. The van der Waals surface area contributed by atoms with Crippen LogP contribution in [-0.4, -0.2) is 11.9 Å². The number of rotatable bonds is 3. The summed E-state index contributed by atoms with van der Waals surface area (Å²) in [5.41, 5.74) is 2.71. The molecule has 6 heteroatoms. The lowest BCUT2D eigenvalue weighted by Gasteiger charge is -2.09. The highest BCUT2D eigenvalue weighted by Crippen LogP contribution is 2.39. The summed E-state index contributed by atoms with van der Waals surface area (Å²) in [4.78, 5) is 0. The van der Waals surface area contributed by atoms with Crippen molar-refractivity contribution in [2.75, 3.05) is 12.1 Å². The van der Waals surface area contributed by atoms with Crippen LogP contribution >= 0.6 is 11.6 Å². The molecule has 1 aromatic carbocycles. The van der Waals surface area contributed by atoms with E-state index >= 15 is 0 Å². The van der Waals surface area contributed by atoms with Crippen molar-refractivity contribution in [3.63, 3.8) is 0 Å². The minimum absolute atomic E-state index is 0.235. The molecule has 0 atom stereocenters. The van der Waals surface area contributed by atoms with Crippen LogP contribution in [0.15, 0.2) is 16.7 Å². The van der Waals surface area contributed by atoms with Crippen LogP contribution in [0.4, 0.5) is 5.69 Å². The summed E-state index contributed by atoms with van der Waals surface area (Å²) in [5.74, 6) is 2.18. The highest BCUT2D eigenvalue weighted by atomic mass is 35.5. The highest BCUT2D eigenvalue weighted by molar-refractivity contribution is 6.33. The molecule has 1 aromatic heterocycles. The third-order valence-corrected chi connectivity index (χ3v) is 3.41. The lowest BCUT2D eigenvalue weighted by atomic mass is 10.2. The van der Waals surface area contributed by atoms with E-state index in [0.717, 1.165) is 22.7 Å². The Kier molecular flexibility index (Phi) is 2.98. The van der Waals surface area contributed by atoms with Gasteiger partial charge in [0.25, 0.3) is 0 Å². The SMILES string of the molecule is Cc1noc(C)c1CNc1cc2c(cc1Cl)OCO2. The second kappa shape index (κ2) is 4.66. The molecule has 1 N–H and O–H groups in total. The Morgan fingerprint density at radius 1 is 1.26 bits per heavy atom. The van der Waals surface area contributed by atoms with Crippen LogP contribution in [0.3, 0.4) is 0 Å². The number of hydrogen-bond acceptors (Lipinski definition) is 5. The maximum Gasteiger partial charge on any atom is 0.231 e. The number of halogens is 1. The van der Waals surface area contributed by atoms with Crippen molar-refractivity contribution in [3.05, 3.63) is 34.2 Å². The van der Waals surface area contributed by atoms with Crippen molar-refractivity contribution in [2.45, 2.75) is 20.4 Å². The summed E-state index contributed by atoms with van der Waals surface area (Å²) < 4.78 is 15.7. The van der Waals surface area contributed by atoms with Gasteiger partial charge < -0.3 is 19.3 Å². The number of nitrogens with one attached hydrogen (secondary N) is 1. The van der Waals surface area contributed by atoms with Crippen molar-refractivity contribution in [1.29, 1.82) is 0 Å². The minimum atomic E-state index is 0.235. The average molecular weight is 281 g/mol. The zero-order chi connectivity index (χ0) is 13.4. The van der Waals surface area contributed by atoms with Crippen LogP contribution in [0, 0.1) is 13.8 Å². The van der Waals surface area contributed by atoms with Crippen molar-refractivity contribution < 1.29 is 14.0 Å². The van der Waals surface area contributed by atoms with E-state index in [1.807, 2.05) is 19.9 Å². The first-order valence-electron chi connectivity index (χ1n) is 5.90. The summed E-state index contributed by atoms with van der Waals surface area (Å²) in [6.45, 7) is 4.63. The van der Waals surface area contributed by atoms with E-state index in [0.29, 0.717) is 23.1 Å². The standard InChI is InChI=1S/C13H13ClN2O3/c1-7-9(8(2)19-16-7)5-15-11-4-13-12(3-10(11)14)17-6-18-13/h3-4,15H,5-6H2,1-2H3. The molecular formula is C13H13ClN2O3. The average Bonchev–Trinajstić information content (AvgIpc) is 2.94. The number of benzene rings is 1. The first-order valence-corrected chi connectivity index (χ1v) is 6.27. The van der Waals surface area contributed by atoms with Crippen LogP contribution in [0.1, 0.15) is 17.0 Å². The summed E-state index contributed by atoms with van der Waals surface area (Å²) in [5, 5.41) is 7.77. The fourth-order valence-electron chi connectivity index (χ4n) is 1.99. The molecule has 0 aliphatic carbocycles. The van der Waals surface area contributed by atoms with Gasteiger partial charge in [-0.05, 0) is 13.8 Å². The third kappa shape index (κ3) is 2.21. The van der Waals surface area contributed by atoms with Crippen molar-refractivity contribution in [2.24, 2.45) is 0 Å². The predicted molar refractivity (Wildman–Crippen MR) is 70.9 cm³/mol. The molecule has 2 aromatic rings. The number of nitrogens with zero attached hydrogens (tertiary/aromatic N) is 1. The number of hydrogen-bond donors (Lipinski definition) is 1. The van der Waals surface area contributed by atoms with Gasteiger partial charge in [-0.15, -0.1) is 0 Å². The van der Waals surface area contributed by atoms with Crippen molar-refractivity contribution in [3.8, 4) is 11.5 Å². The molecule has 19 heavy (non-hydrogen) atoms. The third-order valence-electron chi connectivity index (χ3n) is 3.10. The molecule has 0 amide bonds. The first-order chi connectivity index (χ1) is 9.15. The van der Waals surface area contributed by atoms with Gasteiger partial charge in [0.15, 0.2) is 11.5 Å². The van der Waals surface area contributed by atoms with E-state index in [1.165, 1.54) is 0 Å². The van der Waals surface area contributed by atoms with Gasteiger partial charge in [0.2, 0.25) is 6.79 Å². The van der Waals surface area contributed by atoms with E-state index in [-0.39, 0.29) is 6.79 Å². The second-order valence-electron chi connectivity index (χ2n) is 4.34. The quantitative estimate of drug-likeness (QED) is 0.935. The summed E-state index contributed by atoms with van der Waals surface area (Å²) in [7, 11) is 0. The lowest BCUT2D eigenvalue weighted by molar-refractivity contribution is 0.174. The molecule has 0 radical (unpaired) electrons. The Bertz CT molecular complexity index is 605. The summed E-state index contributed by atoms with van der Waals surface area (Å²) in [6.07, 6.45) is 0. The monoisotopic (exact) mass is 280 g/mol. The Morgan fingerprint density at radius 2 is 2.00 bits per heavy atom. The van der Waals surface area contributed by atoms with Crippen molar-refractivity contribution >= 4 is 17.3 Å². The predicted octanol–water partition coefficient (Wildman–Crippen LogP) is 3.29. The largest absolute Gasteiger partial charge is 0.454 e. The summed E-state index contributed by atoms with van der Waals surface area (Å²) in [6, 6.07) is 3.59. The maximum atomic E-state index is 6.19. The van der Waals surface area contributed by atoms with E-state index < -0.39 is 0 Å². The molecule has 100 valence electrons. The van der Waals surface area contributed by atoms with Crippen LogP contribution in [-0.2, 0) is 6.54 Å². The number of fused-ring (bicyclic) bond motifs is 1. The van der Waals surface area contributed by atoms with Crippen LogP contribution < -0.4 is 14.8 Å². The molecule has 3 rings (SSSR count). The van der Waals surface area contributed by atoms with Gasteiger partial charge in [-0.3, -0.25) is 0 Å². The second-order valence-corrected chi connectivity index (χ2v) is 4.75. The molecule has 1 aliphatic rings. The molecule has 0 saturated heterocycles. The molecule has 0 fully saturated rings. The topological polar surface area (TPSA) is 56.5 Å². The Hall–Kier alpha value is -1.88. The normalized spacial score (nSPS) is 12.8. The van der Waals surface area contributed by atoms with E-state index in [1.54, 1.807) is 6.07 Å². The molecule has 0 unspecified atom stereocenters.